The summed E-state index contributed by atoms with van der Waals surface area (Å²) in [5, 5.41) is 12.8. The van der Waals surface area contributed by atoms with Crippen LogP contribution in [0.1, 0.15) is 78.6 Å². The lowest BCUT2D eigenvalue weighted by molar-refractivity contribution is -0.510. The van der Waals surface area contributed by atoms with E-state index in [4.69, 9.17) is 10.1 Å². The smallest absolute Gasteiger partial charge is 0.133 e. The molecule has 0 bridgehead atoms. The van der Waals surface area contributed by atoms with Gasteiger partial charge in [-0.05, 0) is 105 Å². The number of Topliss-reactive ketones (excluding diaryl/α,β-unsaturated/α-hetero) is 1. The molecule has 0 radical (unpaired) electrons. The van der Waals surface area contributed by atoms with Crippen molar-refractivity contribution in [3.8, 4) is 0 Å². The Kier molecular flexibility index (Phi) is 3.76. The van der Waals surface area contributed by atoms with Crippen LogP contribution in [0.5, 0.6) is 0 Å². The van der Waals surface area contributed by atoms with Crippen LogP contribution in [0.3, 0.4) is 0 Å². The third-order valence-corrected chi connectivity index (χ3v) is 10.4. The molecule has 0 aromatic rings. The van der Waals surface area contributed by atoms with Gasteiger partial charge in [-0.3, -0.25) is 4.79 Å². The minimum atomic E-state index is 0.0528. The summed E-state index contributed by atoms with van der Waals surface area (Å²) in [6.45, 7) is 6.83. The van der Waals surface area contributed by atoms with Gasteiger partial charge >= 0.3 is 0 Å². The molecule has 4 heteroatoms. The van der Waals surface area contributed by atoms with E-state index in [0.29, 0.717) is 22.5 Å². The van der Waals surface area contributed by atoms with Gasteiger partial charge in [-0.2, -0.15) is 0 Å². The number of fused-ring (bicyclic) bond motifs is 4. The van der Waals surface area contributed by atoms with Gasteiger partial charge in [-0.25, -0.2) is 10.1 Å². The van der Waals surface area contributed by atoms with E-state index in [0.717, 1.165) is 42.9 Å². The lowest BCUT2D eigenvalue weighted by Crippen LogP contribution is -2.55. The Morgan fingerprint density at radius 1 is 1.04 bits per heavy atom. The normalized spacial score (nSPS) is 57.5. The highest BCUT2D eigenvalue weighted by Crippen LogP contribution is 2.80. The Labute approximate surface area is 156 Å². The van der Waals surface area contributed by atoms with E-state index >= 15 is 0 Å². The Morgan fingerprint density at radius 3 is 2.58 bits per heavy atom. The molecule has 5 rings (SSSR count). The first-order valence-corrected chi connectivity index (χ1v) is 10.8. The molecule has 0 aromatic heterocycles. The van der Waals surface area contributed by atoms with E-state index in [9.17, 15) is 4.79 Å². The van der Waals surface area contributed by atoms with E-state index in [1.807, 2.05) is 6.92 Å². The maximum Gasteiger partial charge on any atom is 0.133 e. The quantitative estimate of drug-likeness (QED) is 0.565. The van der Waals surface area contributed by atoms with Crippen molar-refractivity contribution in [3.63, 3.8) is 0 Å². The van der Waals surface area contributed by atoms with E-state index in [1.54, 1.807) is 0 Å². The molecule has 9 atom stereocenters. The lowest BCUT2D eigenvalue weighted by Gasteiger charge is -2.61. The summed E-state index contributed by atoms with van der Waals surface area (Å²) in [5.74, 6) is 3.92. The Hall–Kier alpha value is -0.450. The Morgan fingerprint density at radius 2 is 1.85 bits per heavy atom. The molecule has 0 aromatic carbocycles. The van der Waals surface area contributed by atoms with Gasteiger partial charge in [0.1, 0.15) is 5.78 Å². The van der Waals surface area contributed by atoms with Gasteiger partial charge in [-0.15, -0.1) is 0 Å². The second-order valence-electron chi connectivity index (χ2n) is 10.9. The van der Waals surface area contributed by atoms with Crippen molar-refractivity contribution in [2.45, 2.75) is 84.7 Å². The summed E-state index contributed by atoms with van der Waals surface area (Å²) < 4.78 is 0. The topological polar surface area (TPSA) is 55.8 Å². The maximum absolute atomic E-state index is 12.3. The average Bonchev–Trinajstić information content (AvgIpc) is 3.16. The highest BCUT2D eigenvalue weighted by atomic mass is 17.5. The molecule has 0 amide bonds. The Balaban J connectivity index is 1.44. The first-order chi connectivity index (χ1) is 12.4. The Bertz CT molecular complexity index is 619. The predicted octanol–water partition coefficient (Wildman–Crippen LogP) is 5.02. The van der Waals surface area contributed by atoms with Gasteiger partial charge in [-0.1, -0.05) is 18.9 Å². The van der Waals surface area contributed by atoms with Crippen molar-refractivity contribution >= 4 is 5.78 Å². The fourth-order valence-corrected chi connectivity index (χ4v) is 9.19. The van der Waals surface area contributed by atoms with Crippen LogP contribution in [-0.2, 0) is 14.7 Å². The van der Waals surface area contributed by atoms with Crippen molar-refractivity contribution in [1.29, 1.82) is 0 Å². The third-order valence-electron chi connectivity index (χ3n) is 10.4. The lowest BCUT2D eigenvalue weighted by atomic mass is 9.44. The summed E-state index contributed by atoms with van der Waals surface area (Å²) in [4.78, 5) is 17.4. The van der Waals surface area contributed by atoms with Crippen LogP contribution in [0.4, 0.5) is 0 Å². The molecule has 1 N–H and O–H groups in total. The molecule has 5 fully saturated rings. The third kappa shape index (κ3) is 2.04. The minimum absolute atomic E-state index is 0.0528. The molecular formula is C22H34O4. The molecule has 5 aliphatic rings. The summed E-state index contributed by atoms with van der Waals surface area (Å²) in [6, 6.07) is 0. The zero-order chi connectivity index (χ0) is 18.3. The second kappa shape index (κ2) is 5.55. The first-order valence-electron chi connectivity index (χ1n) is 10.8. The highest BCUT2D eigenvalue weighted by Gasteiger charge is 2.74. The molecule has 0 aliphatic heterocycles. The number of carbonyl (C=O) groups excluding carboxylic acids is 1. The zero-order valence-corrected chi connectivity index (χ0v) is 16.5. The largest absolute Gasteiger partial charge is 0.300 e. The molecule has 1 spiro atoms. The molecule has 5 saturated carbocycles. The van der Waals surface area contributed by atoms with E-state index in [1.165, 1.54) is 38.5 Å². The molecule has 146 valence electrons. The molecule has 5 aliphatic carbocycles. The number of carbonyl (C=O) groups is 1. The van der Waals surface area contributed by atoms with E-state index < -0.39 is 0 Å². The summed E-state index contributed by atoms with van der Waals surface area (Å²) >= 11 is 0. The van der Waals surface area contributed by atoms with Gasteiger partial charge in [0.2, 0.25) is 0 Å². The fraction of sp³-hybridized carbons (Fsp3) is 0.955. The summed E-state index contributed by atoms with van der Waals surface area (Å²) in [5.41, 5.74) is 1.08. The number of rotatable bonds is 3. The highest BCUT2D eigenvalue weighted by molar-refractivity contribution is 5.79. The minimum Gasteiger partial charge on any atom is -0.300 e. The second-order valence-corrected chi connectivity index (χ2v) is 10.9. The van der Waals surface area contributed by atoms with Gasteiger partial charge in [0.25, 0.3) is 0 Å². The van der Waals surface area contributed by atoms with Gasteiger partial charge in [0.05, 0.1) is 6.10 Å². The van der Waals surface area contributed by atoms with Crippen LogP contribution >= 0.6 is 0 Å². The zero-order valence-electron chi connectivity index (χ0n) is 16.5. The van der Waals surface area contributed by atoms with Crippen molar-refractivity contribution in [2.75, 3.05) is 0 Å². The van der Waals surface area contributed by atoms with Crippen LogP contribution in [0.25, 0.3) is 0 Å². The van der Waals surface area contributed by atoms with Crippen LogP contribution in [-0.4, -0.2) is 17.1 Å². The molecule has 4 nitrogen and oxygen atoms in total. The van der Waals surface area contributed by atoms with Gasteiger partial charge in [0.15, 0.2) is 0 Å². The maximum atomic E-state index is 12.3. The predicted molar refractivity (Wildman–Crippen MR) is 96.9 cm³/mol. The van der Waals surface area contributed by atoms with Crippen molar-refractivity contribution in [3.05, 3.63) is 0 Å². The molecule has 0 saturated heterocycles. The summed E-state index contributed by atoms with van der Waals surface area (Å²) in [7, 11) is 0. The standard InChI is InChI=1S/C22H34O4/c1-13(23)17-4-5-18-16-10-14-11-22(14)12-15(25-26-24)6-9-21(22,3)19(16)7-8-20(17,18)2/h14-19,24H,4-12H2,1-3H3/t14-,15-,16?,17+,18?,19?,20+,21+,22-/m0/s1. The van der Waals surface area contributed by atoms with E-state index in [2.05, 4.69) is 18.9 Å². The number of hydrogen-bond acceptors (Lipinski definition) is 4. The van der Waals surface area contributed by atoms with E-state index in [-0.39, 0.29) is 11.5 Å². The average molecular weight is 363 g/mol. The first kappa shape index (κ1) is 17.6. The number of ketones is 1. The number of hydrogen-bond donors (Lipinski definition) is 1. The monoisotopic (exact) mass is 362 g/mol. The van der Waals surface area contributed by atoms with Crippen LogP contribution < -0.4 is 0 Å². The van der Waals surface area contributed by atoms with Crippen molar-refractivity contribution < 1.29 is 20.0 Å². The van der Waals surface area contributed by atoms with Gasteiger partial charge < -0.3 is 0 Å². The fourth-order valence-electron chi connectivity index (χ4n) is 9.19. The van der Waals surface area contributed by atoms with Crippen molar-refractivity contribution in [2.24, 2.45) is 45.8 Å². The van der Waals surface area contributed by atoms with Crippen LogP contribution in [0, 0.1) is 45.8 Å². The van der Waals surface area contributed by atoms with Crippen LogP contribution in [0.15, 0.2) is 0 Å². The SMILES string of the molecule is CC(=O)[C@H]1CCC2C3C[C@H]4C[C@]45C[C@@H](OOO)CC[C@]5(C)C3CC[C@@]21C. The molecular weight excluding hydrogens is 328 g/mol. The molecule has 26 heavy (non-hydrogen) atoms. The molecule has 3 unspecified atom stereocenters. The summed E-state index contributed by atoms with van der Waals surface area (Å²) in [6.07, 6.45) is 10.9. The van der Waals surface area contributed by atoms with Crippen molar-refractivity contribution in [1.82, 2.24) is 0 Å². The van der Waals surface area contributed by atoms with Crippen LogP contribution in [0.2, 0.25) is 0 Å². The molecule has 0 heterocycles. The van der Waals surface area contributed by atoms with Gasteiger partial charge in [0, 0.05) is 5.92 Å².